The maximum Gasteiger partial charge on any atom is 0.0326 e. The van der Waals surface area contributed by atoms with Crippen molar-refractivity contribution in [2.24, 2.45) is 0 Å². The maximum atomic E-state index is 4.44. The van der Waals surface area contributed by atoms with Crippen molar-refractivity contribution < 1.29 is 0 Å². The molecule has 0 aliphatic rings. The van der Waals surface area contributed by atoms with E-state index < -0.39 is 0 Å². The number of hydrogen-bond donors (Lipinski definition) is 6. The zero-order valence-electron chi connectivity index (χ0n) is 7.84. The average molecular weight is 321 g/mol. The molecule has 0 fully saturated rings. The molecule has 16 heavy (non-hydrogen) atoms. The predicted molar refractivity (Wildman–Crippen MR) is 87.5 cm³/mol. The Hall–Kier alpha value is 0.800. The Balaban J connectivity index is 3.02. The van der Waals surface area contributed by atoms with Crippen molar-refractivity contribution >= 4 is 86.5 Å². The summed E-state index contributed by atoms with van der Waals surface area (Å²) >= 11 is 26.3. The van der Waals surface area contributed by atoms with Crippen LogP contribution in [0.15, 0.2) is 41.5 Å². The summed E-state index contributed by atoms with van der Waals surface area (Å²) in [6.07, 6.45) is 0. The molecule has 0 unspecified atom stereocenters. The first-order valence-corrected chi connectivity index (χ1v) is 6.93. The van der Waals surface area contributed by atoms with Gasteiger partial charge < -0.3 is 0 Å². The van der Waals surface area contributed by atoms with E-state index in [4.69, 9.17) is 0 Å². The van der Waals surface area contributed by atoms with Crippen LogP contribution in [0.2, 0.25) is 0 Å². The summed E-state index contributed by atoms with van der Waals surface area (Å²) in [5, 5.41) is 1.91. The van der Waals surface area contributed by atoms with Gasteiger partial charge in [-0.2, -0.15) is 0 Å². The molecule has 0 aromatic heterocycles. The van der Waals surface area contributed by atoms with Crippen LogP contribution in [-0.4, -0.2) is 0 Å². The van der Waals surface area contributed by atoms with Crippen LogP contribution in [0, 0.1) is 0 Å². The van der Waals surface area contributed by atoms with Gasteiger partial charge in [-0.3, -0.25) is 0 Å². The molecule has 0 heterocycles. The lowest BCUT2D eigenvalue weighted by molar-refractivity contribution is 1.09. The zero-order valence-corrected chi connectivity index (χ0v) is 13.2. The fourth-order valence-corrected chi connectivity index (χ4v) is 3.07. The second-order valence-electron chi connectivity index (χ2n) is 3.28. The lowest BCUT2D eigenvalue weighted by atomic mass is 10.1. The Bertz CT molecular complexity index is 537. The van der Waals surface area contributed by atoms with Crippen molar-refractivity contribution in [1.29, 1.82) is 0 Å². The van der Waals surface area contributed by atoms with Gasteiger partial charge in [0.05, 0.1) is 0 Å². The first kappa shape index (κ1) is 13.2. The highest BCUT2D eigenvalue weighted by Crippen LogP contribution is 2.41. The van der Waals surface area contributed by atoms with E-state index in [2.05, 4.69) is 75.8 Å². The monoisotopic (exact) mass is 320 g/mol. The molecule has 0 saturated carbocycles. The third-order valence-electron chi connectivity index (χ3n) is 2.30. The molecular weight excluding hydrogens is 313 g/mol. The van der Waals surface area contributed by atoms with Crippen LogP contribution in [0.4, 0.5) is 0 Å². The predicted octanol–water partition coefficient (Wildman–Crippen LogP) is 4.57. The molecule has 2 rings (SSSR count). The number of thiol groups is 6. The molecule has 6 heteroatoms. The van der Waals surface area contributed by atoms with Gasteiger partial charge in [-0.15, -0.1) is 75.8 Å². The van der Waals surface area contributed by atoms with E-state index in [0.29, 0.717) is 0 Å². The van der Waals surface area contributed by atoms with E-state index in [1.807, 2.05) is 12.1 Å². The largest absolute Gasteiger partial charge is 0.142 e. The van der Waals surface area contributed by atoms with Gasteiger partial charge in [0.15, 0.2) is 0 Å². The summed E-state index contributed by atoms with van der Waals surface area (Å²) in [6, 6.07) is 3.82. The molecule has 0 N–H and O–H groups in total. The van der Waals surface area contributed by atoms with Crippen molar-refractivity contribution in [1.82, 2.24) is 0 Å². The van der Waals surface area contributed by atoms with Crippen molar-refractivity contribution in [2.75, 3.05) is 0 Å². The van der Waals surface area contributed by atoms with Gasteiger partial charge in [0, 0.05) is 29.4 Å². The van der Waals surface area contributed by atoms with Crippen LogP contribution < -0.4 is 0 Å². The summed E-state index contributed by atoms with van der Waals surface area (Å²) < 4.78 is 0. The molecular formula is C10H8S6. The van der Waals surface area contributed by atoms with Gasteiger partial charge in [-0.05, 0) is 22.9 Å². The highest BCUT2D eigenvalue weighted by Gasteiger charge is 2.12. The van der Waals surface area contributed by atoms with Crippen LogP contribution in [0.5, 0.6) is 0 Å². The minimum absolute atomic E-state index is 0.726. The Labute approximate surface area is 127 Å². The van der Waals surface area contributed by atoms with E-state index in [-0.39, 0.29) is 0 Å². The molecule has 0 radical (unpaired) electrons. The normalized spacial score (nSPS) is 11.1. The minimum atomic E-state index is 0.726. The Morgan fingerprint density at radius 2 is 0.812 bits per heavy atom. The Morgan fingerprint density at radius 1 is 0.500 bits per heavy atom. The molecule has 0 aliphatic heterocycles. The van der Waals surface area contributed by atoms with Gasteiger partial charge in [-0.25, -0.2) is 0 Å². The van der Waals surface area contributed by atoms with E-state index >= 15 is 0 Å². The third kappa shape index (κ3) is 2.08. The maximum absolute atomic E-state index is 4.44. The smallest absolute Gasteiger partial charge is 0.0326 e. The average Bonchev–Trinajstić information content (AvgIpc) is 2.26. The summed E-state index contributed by atoms with van der Waals surface area (Å²) in [5.74, 6) is 0. The highest BCUT2D eigenvalue weighted by atomic mass is 32.1. The van der Waals surface area contributed by atoms with Crippen LogP contribution in [0.1, 0.15) is 0 Å². The molecule has 2 aromatic carbocycles. The molecule has 0 nitrogen and oxygen atoms in total. The summed E-state index contributed by atoms with van der Waals surface area (Å²) in [7, 11) is 0. The Morgan fingerprint density at radius 3 is 1.12 bits per heavy atom. The second-order valence-corrected chi connectivity index (χ2v) is 6.03. The lowest BCUT2D eigenvalue weighted by Crippen LogP contribution is -1.86. The van der Waals surface area contributed by atoms with Gasteiger partial charge in [0.1, 0.15) is 0 Å². The highest BCUT2D eigenvalue weighted by molar-refractivity contribution is 7.86. The Kier molecular flexibility index (Phi) is 3.99. The van der Waals surface area contributed by atoms with Gasteiger partial charge >= 0.3 is 0 Å². The first-order valence-electron chi connectivity index (χ1n) is 4.25. The molecule has 2 aromatic rings. The van der Waals surface area contributed by atoms with E-state index in [9.17, 15) is 0 Å². The van der Waals surface area contributed by atoms with E-state index in [1.54, 1.807) is 0 Å². The second kappa shape index (κ2) is 4.82. The van der Waals surface area contributed by atoms with Gasteiger partial charge in [-0.1, -0.05) is 0 Å². The number of rotatable bonds is 0. The van der Waals surface area contributed by atoms with Crippen LogP contribution in [0.25, 0.3) is 10.8 Å². The first-order chi connectivity index (χ1) is 7.43. The summed E-state index contributed by atoms with van der Waals surface area (Å²) in [5.41, 5.74) is 0. The minimum Gasteiger partial charge on any atom is -0.142 e. The van der Waals surface area contributed by atoms with Crippen LogP contribution in [0.3, 0.4) is 0 Å². The van der Waals surface area contributed by atoms with Crippen molar-refractivity contribution in [3.63, 3.8) is 0 Å². The third-order valence-corrected chi connectivity index (χ3v) is 5.57. The zero-order chi connectivity index (χ0) is 12.0. The molecule has 0 spiro atoms. The standard InChI is InChI=1S/C10H8S6/c11-5-1-3-4(2-6(5)12)8(14)10(16)9(15)7(3)13/h1-2,11-16H. The van der Waals surface area contributed by atoms with E-state index in [1.165, 1.54) is 0 Å². The van der Waals surface area contributed by atoms with E-state index in [0.717, 1.165) is 40.1 Å². The van der Waals surface area contributed by atoms with Gasteiger partial charge in [0.2, 0.25) is 0 Å². The number of fused-ring (bicyclic) bond motifs is 1. The molecule has 0 atom stereocenters. The molecule has 84 valence electrons. The molecule has 0 saturated heterocycles. The molecule has 0 amide bonds. The summed E-state index contributed by atoms with van der Waals surface area (Å²) in [4.78, 5) is 4.62. The fourth-order valence-electron chi connectivity index (χ4n) is 1.45. The van der Waals surface area contributed by atoms with Gasteiger partial charge in [0.25, 0.3) is 0 Å². The number of benzene rings is 2. The van der Waals surface area contributed by atoms with Crippen molar-refractivity contribution in [3.05, 3.63) is 12.1 Å². The summed E-state index contributed by atoms with van der Waals surface area (Å²) in [6.45, 7) is 0. The quantitative estimate of drug-likeness (QED) is 0.376. The lowest BCUT2D eigenvalue weighted by Gasteiger charge is -2.12. The molecule has 0 bridgehead atoms. The van der Waals surface area contributed by atoms with Crippen molar-refractivity contribution in [3.8, 4) is 0 Å². The number of hydrogen-bond acceptors (Lipinski definition) is 6. The van der Waals surface area contributed by atoms with Crippen LogP contribution >= 0.6 is 75.8 Å². The molecule has 0 aliphatic carbocycles. The van der Waals surface area contributed by atoms with Crippen molar-refractivity contribution in [2.45, 2.75) is 29.4 Å². The van der Waals surface area contributed by atoms with Crippen LogP contribution in [-0.2, 0) is 0 Å². The topological polar surface area (TPSA) is 0 Å². The fraction of sp³-hybridized carbons (Fsp3) is 0. The SMILES string of the molecule is Sc1cc2c(S)c(S)c(S)c(S)c2cc1S.